The van der Waals surface area contributed by atoms with E-state index in [0.717, 1.165) is 4.90 Å². The van der Waals surface area contributed by atoms with E-state index < -0.39 is 17.8 Å². The SMILES string of the molecule is COc1cc(C=O)ccc1OCC(=O)OCCN1C(=O)c2ccccc2C1=O. The van der Waals surface area contributed by atoms with Crippen molar-refractivity contribution in [3.8, 4) is 11.5 Å². The monoisotopic (exact) mass is 383 g/mol. The number of ether oxygens (including phenoxy) is 3. The van der Waals surface area contributed by atoms with E-state index in [2.05, 4.69) is 0 Å². The molecule has 2 aromatic carbocycles. The molecule has 2 aromatic rings. The normalized spacial score (nSPS) is 12.5. The summed E-state index contributed by atoms with van der Waals surface area (Å²) in [5.41, 5.74) is 1.09. The fraction of sp³-hybridized carbons (Fsp3) is 0.200. The number of esters is 1. The average Bonchev–Trinajstić information content (AvgIpc) is 2.97. The molecule has 1 aliphatic heterocycles. The summed E-state index contributed by atoms with van der Waals surface area (Å²) in [4.78, 5) is 48.1. The Morgan fingerprint density at radius 1 is 1.04 bits per heavy atom. The van der Waals surface area contributed by atoms with Crippen LogP contribution in [0.25, 0.3) is 0 Å². The first-order valence-corrected chi connectivity index (χ1v) is 8.42. The number of amides is 2. The molecule has 2 amide bonds. The molecule has 1 aliphatic rings. The Morgan fingerprint density at radius 2 is 1.71 bits per heavy atom. The molecule has 0 unspecified atom stereocenters. The van der Waals surface area contributed by atoms with Crippen LogP contribution < -0.4 is 9.47 Å². The van der Waals surface area contributed by atoms with Gasteiger partial charge in [0.1, 0.15) is 12.9 Å². The van der Waals surface area contributed by atoms with Gasteiger partial charge in [0.25, 0.3) is 11.8 Å². The molecule has 8 nitrogen and oxygen atoms in total. The Balaban J connectivity index is 1.49. The molecular weight excluding hydrogens is 366 g/mol. The lowest BCUT2D eigenvalue weighted by Crippen LogP contribution is -2.34. The zero-order valence-electron chi connectivity index (χ0n) is 15.0. The van der Waals surface area contributed by atoms with Gasteiger partial charge in [0.15, 0.2) is 18.1 Å². The molecule has 3 rings (SSSR count). The van der Waals surface area contributed by atoms with Gasteiger partial charge in [0.2, 0.25) is 0 Å². The van der Waals surface area contributed by atoms with E-state index in [1.165, 1.54) is 25.3 Å². The number of hydrogen-bond acceptors (Lipinski definition) is 7. The van der Waals surface area contributed by atoms with Crippen LogP contribution in [-0.4, -0.2) is 55.8 Å². The third-order valence-electron chi connectivity index (χ3n) is 4.13. The van der Waals surface area contributed by atoms with E-state index in [1.54, 1.807) is 24.3 Å². The van der Waals surface area contributed by atoms with Crippen molar-refractivity contribution in [2.45, 2.75) is 0 Å². The summed E-state index contributed by atoms with van der Waals surface area (Å²) in [6.07, 6.45) is 0.666. The summed E-state index contributed by atoms with van der Waals surface area (Å²) in [5, 5.41) is 0. The van der Waals surface area contributed by atoms with Crippen LogP contribution >= 0.6 is 0 Å². The maximum Gasteiger partial charge on any atom is 0.344 e. The molecule has 144 valence electrons. The highest BCUT2D eigenvalue weighted by Crippen LogP contribution is 2.27. The summed E-state index contributed by atoms with van der Waals surface area (Å²) in [5.74, 6) is -0.896. The molecule has 0 atom stereocenters. The Hall–Kier alpha value is -3.68. The number of hydrogen-bond donors (Lipinski definition) is 0. The zero-order valence-corrected chi connectivity index (χ0v) is 15.0. The Morgan fingerprint density at radius 3 is 2.32 bits per heavy atom. The fourth-order valence-corrected chi connectivity index (χ4v) is 2.75. The Kier molecular flexibility index (Phi) is 5.69. The molecule has 0 aromatic heterocycles. The smallest absolute Gasteiger partial charge is 0.344 e. The molecule has 0 N–H and O–H groups in total. The third-order valence-corrected chi connectivity index (χ3v) is 4.13. The van der Waals surface area contributed by atoms with Gasteiger partial charge in [-0.25, -0.2) is 4.79 Å². The summed E-state index contributed by atoms with van der Waals surface area (Å²) in [6.45, 7) is -0.580. The number of carbonyl (C=O) groups excluding carboxylic acids is 4. The van der Waals surface area contributed by atoms with Gasteiger partial charge in [-0.05, 0) is 30.3 Å². The Bertz CT molecular complexity index is 903. The largest absolute Gasteiger partial charge is 0.493 e. The van der Waals surface area contributed by atoms with Crippen LogP contribution in [0.3, 0.4) is 0 Å². The first kappa shape index (κ1) is 19.1. The molecular formula is C20H17NO7. The standard InChI is InChI=1S/C20H17NO7/c1-26-17-10-13(11-22)6-7-16(17)28-12-18(23)27-9-8-21-19(24)14-4-2-3-5-15(14)20(21)25/h2-7,10-11H,8-9,12H2,1H3. The van der Waals surface area contributed by atoms with Crippen LogP contribution in [0.2, 0.25) is 0 Å². The van der Waals surface area contributed by atoms with E-state index in [-0.39, 0.29) is 25.5 Å². The van der Waals surface area contributed by atoms with Crippen molar-refractivity contribution in [3.63, 3.8) is 0 Å². The summed E-state index contributed by atoms with van der Waals surface area (Å²) < 4.78 is 15.5. The maximum atomic E-state index is 12.2. The molecule has 0 saturated heterocycles. The molecule has 0 aliphatic carbocycles. The minimum absolute atomic E-state index is 0.0462. The second-order valence-corrected chi connectivity index (χ2v) is 5.84. The van der Waals surface area contributed by atoms with Crippen molar-refractivity contribution < 1.29 is 33.4 Å². The van der Waals surface area contributed by atoms with Gasteiger partial charge in [0.05, 0.1) is 24.8 Å². The van der Waals surface area contributed by atoms with Crippen LogP contribution in [-0.2, 0) is 9.53 Å². The van der Waals surface area contributed by atoms with Crippen LogP contribution in [0, 0.1) is 0 Å². The second-order valence-electron chi connectivity index (χ2n) is 5.84. The zero-order chi connectivity index (χ0) is 20.1. The lowest BCUT2D eigenvalue weighted by molar-refractivity contribution is -0.146. The number of methoxy groups -OCH3 is 1. The lowest BCUT2D eigenvalue weighted by Gasteiger charge is -2.14. The van der Waals surface area contributed by atoms with Crippen molar-refractivity contribution in [2.75, 3.05) is 26.9 Å². The van der Waals surface area contributed by atoms with Crippen molar-refractivity contribution in [2.24, 2.45) is 0 Å². The summed E-state index contributed by atoms with van der Waals surface area (Å²) in [6, 6.07) is 11.0. The highest BCUT2D eigenvalue weighted by Gasteiger charge is 2.34. The number of nitrogens with zero attached hydrogens (tertiary/aromatic N) is 1. The van der Waals surface area contributed by atoms with E-state index >= 15 is 0 Å². The molecule has 28 heavy (non-hydrogen) atoms. The summed E-state index contributed by atoms with van der Waals surface area (Å²) >= 11 is 0. The predicted octanol–water partition coefficient (Wildman–Crippen LogP) is 1.73. The van der Waals surface area contributed by atoms with Crippen LogP contribution in [0.4, 0.5) is 0 Å². The van der Waals surface area contributed by atoms with Crippen molar-refractivity contribution in [1.82, 2.24) is 4.90 Å². The second kappa shape index (κ2) is 8.34. The van der Waals surface area contributed by atoms with Gasteiger partial charge in [-0.3, -0.25) is 19.3 Å². The molecule has 0 fully saturated rings. The fourth-order valence-electron chi connectivity index (χ4n) is 2.75. The summed E-state index contributed by atoms with van der Waals surface area (Å²) in [7, 11) is 1.41. The number of rotatable bonds is 8. The van der Waals surface area contributed by atoms with E-state index in [9.17, 15) is 19.2 Å². The molecule has 1 heterocycles. The number of benzene rings is 2. The highest BCUT2D eigenvalue weighted by atomic mass is 16.6. The lowest BCUT2D eigenvalue weighted by atomic mass is 10.1. The minimum Gasteiger partial charge on any atom is -0.493 e. The first-order chi connectivity index (χ1) is 13.5. The van der Waals surface area contributed by atoms with Gasteiger partial charge in [-0.15, -0.1) is 0 Å². The van der Waals surface area contributed by atoms with E-state index in [0.29, 0.717) is 28.7 Å². The number of aldehydes is 1. The van der Waals surface area contributed by atoms with Crippen LogP contribution in [0.1, 0.15) is 31.1 Å². The number of imide groups is 1. The van der Waals surface area contributed by atoms with Crippen LogP contribution in [0.15, 0.2) is 42.5 Å². The van der Waals surface area contributed by atoms with Crippen molar-refractivity contribution in [3.05, 3.63) is 59.2 Å². The van der Waals surface area contributed by atoms with Crippen LogP contribution in [0.5, 0.6) is 11.5 Å². The number of fused-ring (bicyclic) bond motifs is 1. The predicted molar refractivity (Wildman–Crippen MR) is 96.6 cm³/mol. The van der Waals surface area contributed by atoms with Gasteiger partial charge in [-0.1, -0.05) is 12.1 Å². The van der Waals surface area contributed by atoms with Gasteiger partial charge >= 0.3 is 5.97 Å². The topological polar surface area (TPSA) is 99.2 Å². The molecule has 8 heteroatoms. The third kappa shape index (κ3) is 3.85. The van der Waals surface area contributed by atoms with E-state index in [4.69, 9.17) is 14.2 Å². The van der Waals surface area contributed by atoms with Crippen molar-refractivity contribution >= 4 is 24.1 Å². The first-order valence-electron chi connectivity index (χ1n) is 8.42. The highest BCUT2D eigenvalue weighted by molar-refractivity contribution is 6.21. The quantitative estimate of drug-likeness (QED) is 0.389. The molecule has 0 bridgehead atoms. The maximum absolute atomic E-state index is 12.2. The Labute approximate surface area is 160 Å². The molecule has 0 radical (unpaired) electrons. The minimum atomic E-state index is -0.668. The molecule has 0 spiro atoms. The van der Waals surface area contributed by atoms with Gasteiger partial charge in [-0.2, -0.15) is 0 Å². The number of carbonyl (C=O) groups is 4. The van der Waals surface area contributed by atoms with Gasteiger partial charge < -0.3 is 14.2 Å². The molecule has 0 saturated carbocycles. The van der Waals surface area contributed by atoms with Gasteiger partial charge in [0, 0.05) is 5.56 Å². The average molecular weight is 383 g/mol. The van der Waals surface area contributed by atoms with E-state index in [1.807, 2.05) is 0 Å². The van der Waals surface area contributed by atoms with Crippen molar-refractivity contribution in [1.29, 1.82) is 0 Å².